The van der Waals surface area contributed by atoms with Crippen molar-refractivity contribution in [1.29, 1.82) is 0 Å². The van der Waals surface area contributed by atoms with Crippen molar-refractivity contribution in [2.75, 3.05) is 25.9 Å². The van der Waals surface area contributed by atoms with Gasteiger partial charge in [0.25, 0.3) is 0 Å². The number of aromatic nitrogens is 3. The summed E-state index contributed by atoms with van der Waals surface area (Å²) in [6, 6.07) is 6.06. The molecule has 0 bridgehead atoms. The number of thioether (sulfide) groups is 1. The summed E-state index contributed by atoms with van der Waals surface area (Å²) in [5.41, 5.74) is 0.619. The smallest absolute Gasteiger partial charge is 0.321 e. The van der Waals surface area contributed by atoms with Gasteiger partial charge in [-0.05, 0) is 18.1 Å². The van der Waals surface area contributed by atoms with Crippen molar-refractivity contribution in [2.45, 2.75) is 44.3 Å². The molecule has 2 rings (SSSR count). The molecule has 1 aromatic heterocycles. The van der Waals surface area contributed by atoms with Crippen molar-refractivity contribution >= 4 is 33.7 Å². The Bertz CT molecular complexity index is 1050. The van der Waals surface area contributed by atoms with Crippen LogP contribution in [0.1, 0.15) is 27.7 Å². The minimum Gasteiger partial charge on any atom is -0.341 e. The number of hydrogen-bond acceptors (Lipinski definition) is 7. The van der Waals surface area contributed by atoms with E-state index in [9.17, 15) is 18.0 Å². The fourth-order valence-electron chi connectivity index (χ4n) is 3.00. The number of nitrogens with zero attached hydrogens (tertiary/aromatic N) is 4. The van der Waals surface area contributed by atoms with Crippen LogP contribution in [-0.2, 0) is 21.4 Å². The summed E-state index contributed by atoms with van der Waals surface area (Å²) < 4.78 is 29.1. The van der Waals surface area contributed by atoms with Gasteiger partial charge in [0.15, 0.2) is 11.0 Å². The molecular weight excluding hydrogens is 452 g/mol. The number of rotatable bonds is 10. The number of carbonyl (C=O) groups is 2. The van der Waals surface area contributed by atoms with Crippen LogP contribution < -0.4 is 10.6 Å². The van der Waals surface area contributed by atoms with Crippen molar-refractivity contribution in [3.8, 4) is 11.4 Å². The average molecular weight is 483 g/mol. The van der Waals surface area contributed by atoms with E-state index < -0.39 is 22.0 Å². The van der Waals surface area contributed by atoms with Gasteiger partial charge in [-0.3, -0.25) is 10.1 Å². The number of urea groups is 1. The quantitative estimate of drug-likeness (QED) is 0.497. The number of sulfonamides is 1. The maximum absolute atomic E-state index is 12.9. The second-order valence-electron chi connectivity index (χ2n) is 7.34. The molecule has 32 heavy (non-hydrogen) atoms. The second kappa shape index (κ2) is 11.4. The van der Waals surface area contributed by atoms with Crippen LogP contribution in [0.25, 0.3) is 11.4 Å². The van der Waals surface area contributed by atoms with Gasteiger partial charge in [-0.25, -0.2) is 13.2 Å². The lowest BCUT2D eigenvalue weighted by atomic mass is 10.2. The molecule has 0 saturated carbocycles. The van der Waals surface area contributed by atoms with Crippen molar-refractivity contribution in [3.05, 3.63) is 24.3 Å². The SMILES string of the molecule is CCN(CC)S(=O)(=O)c1cccc(-c2nnc(SCC(=O)NC(=O)NC)n2CC(C)C)c1. The number of amides is 3. The monoisotopic (exact) mass is 482 g/mol. The highest BCUT2D eigenvalue weighted by Crippen LogP contribution is 2.27. The Morgan fingerprint density at radius 2 is 1.88 bits per heavy atom. The number of benzene rings is 1. The Labute approximate surface area is 193 Å². The molecule has 0 atom stereocenters. The Morgan fingerprint density at radius 3 is 2.47 bits per heavy atom. The van der Waals surface area contributed by atoms with Gasteiger partial charge in [-0.2, -0.15) is 4.31 Å². The van der Waals surface area contributed by atoms with Gasteiger partial charge in [0.2, 0.25) is 15.9 Å². The van der Waals surface area contributed by atoms with Crippen molar-refractivity contribution in [3.63, 3.8) is 0 Å². The first-order valence-corrected chi connectivity index (χ1v) is 12.7. The van der Waals surface area contributed by atoms with Gasteiger partial charge in [-0.15, -0.1) is 10.2 Å². The largest absolute Gasteiger partial charge is 0.341 e. The number of nitrogens with one attached hydrogen (secondary N) is 2. The van der Waals surface area contributed by atoms with Gasteiger partial charge in [0.1, 0.15) is 0 Å². The maximum Gasteiger partial charge on any atom is 0.321 e. The normalized spacial score (nSPS) is 11.7. The third-order valence-electron chi connectivity index (χ3n) is 4.51. The van der Waals surface area contributed by atoms with Gasteiger partial charge in [-0.1, -0.05) is 51.6 Å². The lowest BCUT2D eigenvalue weighted by Crippen LogP contribution is -2.38. The van der Waals surface area contributed by atoms with Crippen molar-refractivity contribution in [1.82, 2.24) is 29.7 Å². The van der Waals surface area contributed by atoms with E-state index in [2.05, 4.69) is 20.8 Å². The van der Waals surface area contributed by atoms with E-state index >= 15 is 0 Å². The average Bonchev–Trinajstić information content (AvgIpc) is 3.14. The summed E-state index contributed by atoms with van der Waals surface area (Å²) >= 11 is 1.16. The van der Waals surface area contributed by atoms with Crippen LogP contribution in [0.2, 0.25) is 0 Å². The summed E-state index contributed by atoms with van der Waals surface area (Å²) in [5, 5.41) is 13.5. The Hall–Kier alpha value is -2.44. The molecule has 1 heterocycles. The third kappa shape index (κ3) is 6.30. The van der Waals surface area contributed by atoms with Gasteiger partial charge in [0.05, 0.1) is 10.6 Å². The van der Waals surface area contributed by atoms with Crippen LogP contribution >= 0.6 is 11.8 Å². The van der Waals surface area contributed by atoms with E-state index in [1.54, 1.807) is 38.1 Å². The molecule has 0 spiro atoms. The molecule has 10 nitrogen and oxygen atoms in total. The van der Waals surface area contributed by atoms with Crippen LogP contribution in [0.4, 0.5) is 4.79 Å². The fraction of sp³-hybridized carbons (Fsp3) is 0.500. The second-order valence-corrected chi connectivity index (χ2v) is 10.2. The molecule has 0 unspecified atom stereocenters. The number of imide groups is 1. The third-order valence-corrected chi connectivity index (χ3v) is 7.53. The summed E-state index contributed by atoms with van der Waals surface area (Å²) in [4.78, 5) is 23.4. The van der Waals surface area contributed by atoms with Crippen molar-refractivity contribution in [2.24, 2.45) is 5.92 Å². The van der Waals surface area contributed by atoms with Gasteiger partial charge in [0, 0.05) is 32.2 Å². The first kappa shape index (κ1) is 25.8. The zero-order chi connectivity index (χ0) is 23.9. The molecule has 0 aliphatic carbocycles. The molecule has 2 aromatic rings. The minimum atomic E-state index is -3.62. The summed E-state index contributed by atoms with van der Waals surface area (Å²) in [6.45, 7) is 9.02. The molecular formula is C20H30N6O4S2. The van der Waals surface area contributed by atoms with Crippen LogP contribution in [-0.4, -0.2) is 65.3 Å². The highest BCUT2D eigenvalue weighted by molar-refractivity contribution is 7.99. The minimum absolute atomic E-state index is 0.0139. The lowest BCUT2D eigenvalue weighted by Gasteiger charge is -2.19. The molecule has 176 valence electrons. The standard InChI is InChI=1S/C20H30N6O4S2/c1-6-25(7-2)32(29,30)16-10-8-9-15(11-16)18-23-24-20(26(18)12-14(3)4)31-13-17(27)22-19(28)21-5/h8-11,14H,6-7,12-13H2,1-5H3,(H2,21,22,27,28). The van der Waals surface area contributed by atoms with Crippen LogP contribution in [0.3, 0.4) is 0 Å². The van der Waals surface area contributed by atoms with E-state index in [0.717, 1.165) is 11.8 Å². The predicted molar refractivity (Wildman–Crippen MR) is 124 cm³/mol. The highest BCUT2D eigenvalue weighted by Gasteiger charge is 2.23. The predicted octanol–water partition coefficient (Wildman–Crippen LogP) is 2.18. The van der Waals surface area contributed by atoms with E-state index in [0.29, 0.717) is 36.2 Å². The molecule has 0 aliphatic rings. The van der Waals surface area contributed by atoms with Gasteiger partial charge >= 0.3 is 6.03 Å². The molecule has 0 radical (unpaired) electrons. The molecule has 12 heteroatoms. The van der Waals surface area contributed by atoms with Crippen LogP contribution in [0.5, 0.6) is 0 Å². The molecule has 2 N–H and O–H groups in total. The lowest BCUT2D eigenvalue weighted by molar-refractivity contribution is -0.117. The number of carbonyl (C=O) groups excluding carboxylic acids is 2. The topological polar surface area (TPSA) is 126 Å². The highest BCUT2D eigenvalue weighted by atomic mass is 32.2. The fourth-order valence-corrected chi connectivity index (χ4v) is 5.25. The van der Waals surface area contributed by atoms with Crippen molar-refractivity contribution < 1.29 is 18.0 Å². The van der Waals surface area contributed by atoms with E-state index in [1.807, 2.05) is 18.4 Å². The summed E-state index contributed by atoms with van der Waals surface area (Å²) in [7, 11) is -2.19. The maximum atomic E-state index is 12.9. The summed E-state index contributed by atoms with van der Waals surface area (Å²) in [6.07, 6.45) is 0. The Morgan fingerprint density at radius 1 is 1.19 bits per heavy atom. The molecule has 3 amide bonds. The van der Waals surface area contributed by atoms with E-state index in [-0.39, 0.29) is 16.6 Å². The Balaban J connectivity index is 2.38. The Kier molecular flexibility index (Phi) is 9.22. The van der Waals surface area contributed by atoms with E-state index in [4.69, 9.17) is 0 Å². The molecule has 0 fully saturated rings. The van der Waals surface area contributed by atoms with Crippen LogP contribution in [0.15, 0.2) is 34.3 Å². The first-order valence-electron chi connectivity index (χ1n) is 10.3. The molecule has 0 aliphatic heterocycles. The molecule has 0 saturated heterocycles. The first-order chi connectivity index (χ1) is 15.1. The summed E-state index contributed by atoms with van der Waals surface area (Å²) in [5.74, 6) is 0.304. The zero-order valence-corrected chi connectivity index (χ0v) is 20.6. The zero-order valence-electron chi connectivity index (χ0n) is 19.0. The van der Waals surface area contributed by atoms with Crippen LogP contribution in [0, 0.1) is 5.92 Å². The number of hydrogen-bond donors (Lipinski definition) is 2. The van der Waals surface area contributed by atoms with E-state index in [1.165, 1.54) is 11.4 Å². The molecule has 1 aromatic carbocycles. The van der Waals surface area contributed by atoms with Gasteiger partial charge < -0.3 is 9.88 Å².